The SMILES string of the molecule is Cc1cc(NC(=O)c2ncc(NS(=O)(=O)CCO)cc2N2CCC3(CC2)CC3)cc(N2CCC(F)(F)CC2)c1F. The number of hydrogen-bond donors (Lipinski definition) is 3. The molecule has 1 spiro atoms. The van der Waals surface area contributed by atoms with Crippen LogP contribution < -0.4 is 19.8 Å². The van der Waals surface area contributed by atoms with Crippen molar-refractivity contribution in [3.05, 3.63) is 41.5 Å². The normalized spacial score (nSPS) is 19.9. The fraction of sp³-hybridized carbons (Fsp3) is 0.556. The molecule has 0 bridgehead atoms. The number of carbonyl (C=O) groups excluding carboxylic acids is 1. The molecule has 9 nitrogen and oxygen atoms in total. The van der Waals surface area contributed by atoms with Gasteiger partial charge in [-0.2, -0.15) is 0 Å². The van der Waals surface area contributed by atoms with Gasteiger partial charge in [0.1, 0.15) is 5.82 Å². The lowest BCUT2D eigenvalue weighted by Gasteiger charge is -2.35. The fourth-order valence-electron chi connectivity index (χ4n) is 5.49. The zero-order chi connectivity index (χ0) is 28.7. The molecule has 3 N–H and O–H groups in total. The summed E-state index contributed by atoms with van der Waals surface area (Å²) < 4.78 is 69.2. The first-order chi connectivity index (χ1) is 18.9. The highest BCUT2D eigenvalue weighted by Crippen LogP contribution is 2.54. The van der Waals surface area contributed by atoms with Gasteiger partial charge >= 0.3 is 0 Å². The van der Waals surface area contributed by atoms with Crippen molar-refractivity contribution in [1.29, 1.82) is 0 Å². The largest absolute Gasteiger partial charge is 0.395 e. The Morgan fingerprint density at radius 2 is 1.57 bits per heavy atom. The number of aryl methyl sites for hydroxylation is 1. The molecule has 0 radical (unpaired) electrons. The van der Waals surface area contributed by atoms with Crippen molar-refractivity contribution in [3.8, 4) is 0 Å². The number of aliphatic hydroxyl groups excluding tert-OH is 1. The van der Waals surface area contributed by atoms with Gasteiger partial charge in [0.2, 0.25) is 10.0 Å². The molecule has 1 amide bonds. The van der Waals surface area contributed by atoms with Crippen LogP contribution >= 0.6 is 0 Å². The highest BCUT2D eigenvalue weighted by atomic mass is 32.2. The molecule has 3 heterocycles. The molecule has 40 heavy (non-hydrogen) atoms. The molecule has 13 heteroatoms. The number of anilines is 4. The van der Waals surface area contributed by atoms with Gasteiger partial charge in [0.05, 0.1) is 35.6 Å². The monoisotopic (exact) mass is 581 g/mol. The number of pyridine rings is 1. The summed E-state index contributed by atoms with van der Waals surface area (Å²) in [5.41, 5.74) is 1.80. The van der Waals surface area contributed by atoms with Crippen LogP contribution in [0.4, 0.5) is 35.9 Å². The van der Waals surface area contributed by atoms with Gasteiger partial charge in [-0.25, -0.2) is 26.6 Å². The molecule has 0 unspecified atom stereocenters. The number of aliphatic hydroxyl groups is 1. The molecule has 0 atom stereocenters. The Morgan fingerprint density at radius 1 is 0.975 bits per heavy atom. The molecular weight excluding hydrogens is 547 g/mol. The molecule has 3 aliphatic rings. The smallest absolute Gasteiger partial charge is 0.276 e. The lowest BCUT2D eigenvalue weighted by Crippen LogP contribution is -2.39. The lowest BCUT2D eigenvalue weighted by molar-refractivity contribution is -0.0221. The van der Waals surface area contributed by atoms with Gasteiger partial charge in [0.25, 0.3) is 11.8 Å². The van der Waals surface area contributed by atoms with Crippen LogP contribution in [-0.2, 0) is 10.0 Å². The van der Waals surface area contributed by atoms with E-state index in [1.165, 1.54) is 31.2 Å². The number of amides is 1. The summed E-state index contributed by atoms with van der Waals surface area (Å²) in [5, 5.41) is 11.8. The van der Waals surface area contributed by atoms with Crippen LogP contribution in [0.25, 0.3) is 0 Å². The number of rotatable bonds is 8. The summed E-state index contributed by atoms with van der Waals surface area (Å²) >= 11 is 0. The zero-order valence-corrected chi connectivity index (χ0v) is 23.2. The van der Waals surface area contributed by atoms with Gasteiger partial charge in [0.15, 0.2) is 5.69 Å². The number of nitrogens with zero attached hydrogens (tertiary/aromatic N) is 3. The van der Waals surface area contributed by atoms with E-state index in [1.807, 2.05) is 4.90 Å². The standard InChI is InChI=1S/C27H34F3N5O4S/c1-18-14-19(15-21(23(18)28)34-10-6-27(29,30)7-11-34)32-25(37)24-22(35-8-4-26(2-3-26)5-9-35)16-20(17-31-24)33-40(38,39)13-12-36/h14-17,33,36H,2-13H2,1H3,(H,32,37). The van der Waals surface area contributed by atoms with Crippen molar-refractivity contribution < 1.29 is 31.5 Å². The maximum absolute atomic E-state index is 15.0. The molecule has 1 aromatic carbocycles. The van der Waals surface area contributed by atoms with Gasteiger partial charge in [-0.1, -0.05) is 0 Å². The van der Waals surface area contributed by atoms with E-state index in [-0.39, 0.29) is 48.6 Å². The number of aromatic nitrogens is 1. The average Bonchev–Trinajstić information content (AvgIpc) is 3.65. The molecule has 5 rings (SSSR count). The van der Waals surface area contributed by atoms with E-state index >= 15 is 0 Å². The number of hydrogen-bond acceptors (Lipinski definition) is 7. The third-order valence-electron chi connectivity index (χ3n) is 8.17. The second-order valence-electron chi connectivity index (χ2n) is 11.1. The van der Waals surface area contributed by atoms with Crippen LogP contribution in [0.3, 0.4) is 0 Å². The average molecular weight is 582 g/mol. The molecule has 1 saturated carbocycles. The van der Waals surface area contributed by atoms with Crippen LogP contribution in [0, 0.1) is 18.2 Å². The van der Waals surface area contributed by atoms with Crippen molar-refractivity contribution >= 4 is 38.7 Å². The minimum Gasteiger partial charge on any atom is -0.395 e. The first-order valence-electron chi connectivity index (χ1n) is 13.5. The van der Waals surface area contributed by atoms with Crippen molar-refractivity contribution in [3.63, 3.8) is 0 Å². The minimum atomic E-state index is -3.80. The number of carbonyl (C=O) groups is 1. The molecule has 2 saturated heterocycles. The van der Waals surface area contributed by atoms with Gasteiger partial charge in [-0.05, 0) is 61.8 Å². The Kier molecular flexibility index (Phi) is 7.64. The third kappa shape index (κ3) is 6.30. The summed E-state index contributed by atoms with van der Waals surface area (Å²) in [4.78, 5) is 21.4. The van der Waals surface area contributed by atoms with Crippen LogP contribution in [0.5, 0.6) is 0 Å². The maximum atomic E-state index is 15.0. The Morgan fingerprint density at radius 3 is 2.20 bits per heavy atom. The molecule has 2 aromatic rings. The van der Waals surface area contributed by atoms with Gasteiger partial charge < -0.3 is 20.2 Å². The maximum Gasteiger partial charge on any atom is 0.276 e. The van der Waals surface area contributed by atoms with E-state index in [0.717, 1.165) is 12.8 Å². The molecule has 2 aliphatic heterocycles. The Bertz CT molecular complexity index is 1380. The molecule has 218 valence electrons. The summed E-state index contributed by atoms with van der Waals surface area (Å²) in [6.07, 6.45) is 4.80. The van der Waals surface area contributed by atoms with Gasteiger partial charge in [-0.15, -0.1) is 0 Å². The number of nitrogens with one attached hydrogen (secondary N) is 2. The minimum absolute atomic E-state index is 0.00341. The molecule has 1 aromatic heterocycles. The van der Waals surface area contributed by atoms with E-state index < -0.39 is 40.0 Å². The second kappa shape index (κ2) is 10.7. The third-order valence-corrected chi connectivity index (χ3v) is 9.43. The summed E-state index contributed by atoms with van der Waals surface area (Å²) in [6, 6.07) is 4.49. The molecule has 3 fully saturated rings. The zero-order valence-electron chi connectivity index (χ0n) is 22.4. The Hall–Kier alpha value is -3.06. The van der Waals surface area contributed by atoms with Crippen molar-refractivity contribution in [2.24, 2.45) is 5.41 Å². The van der Waals surface area contributed by atoms with Gasteiger partial charge in [0, 0.05) is 44.7 Å². The molecule has 1 aliphatic carbocycles. The van der Waals surface area contributed by atoms with E-state index in [2.05, 4.69) is 15.0 Å². The quantitative estimate of drug-likeness (QED) is 0.430. The summed E-state index contributed by atoms with van der Waals surface area (Å²) in [6.45, 7) is 2.38. The lowest BCUT2D eigenvalue weighted by atomic mass is 9.93. The number of benzene rings is 1. The van der Waals surface area contributed by atoms with E-state index in [1.54, 1.807) is 17.9 Å². The van der Waals surface area contributed by atoms with E-state index in [4.69, 9.17) is 5.11 Å². The Balaban J connectivity index is 1.41. The Labute approximate surface area is 231 Å². The second-order valence-corrected chi connectivity index (χ2v) is 13.0. The van der Waals surface area contributed by atoms with Gasteiger partial charge in [-0.3, -0.25) is 9.52 Å². The summed E-state index contributed by atoms with van der Waals surface area (Å²) in [7, 11) is -3.80. The van der Waals surface area contributed by atoms with Crippen LogP contribution in [-0.4, -0.2) is 68.9 Å². The van der Waals surface area contributed by atoms with Crippen molar-refractivity contribution in [2.75, 3.05) is 58.4 Å². The van der Waals surface area contributed by atoms with Crippen molar-refractivity contribution in [1.82, 2.24) is 4.98 Å². The first-order valence-corrected chi connectivity index (χ1v) is 15.2. The highest BCUT2D eigenvalue weighted by Gasteiger charge is 2.45. The van der Waals surface area contributed by atoms with Crippen LogP contribution in [0.15, 0.2) is 24.4 Å². The van der Waals surface area contributed by atoms with Crippen molar-refractivity contribution in [2.45, 2.75) is 51.4 Å². The predicted octanol–water partition coefficient (Wildman–Crippen LogP) is 4.13. The first kappa shape index (κ1) is 28.5. The number of sulfonamides is 1. The number of alkyl halides is 2. The van der Waals surface area contributed by atoms with E-state index in [9.17, 15) is 26.4 Å². The molecular formula is C27H34F3N5O4S. The topological polar surface area (TPSA) is 115 Å². The van der Waals surface area contributed by atoms with Crippen LogP contribution in [0.2, 0.25) is 0 Å². The van der Waals surface area contributed by atoms with E-state index in [0.29, 0.717) is 29.9 Å². The number of piperidine rings is 2. The predicted molar refractivity (Wildman–Crippen MR) is 147 cm³/mol. The fourth-order valence-corrected chi connectivity index (χ4v) is 6.31. The number of halogens is 3. The highest BCUT2D eigenvalue weighted by molar-refractivity contribution is 7.92. The van der Waals surface area contributed by atoms with Crippen LogP contribution in [0.1, 0.15) is 54.6 Å². The summed E-state index contributed by atoms with van der Waals surface area (Å²) in [5.74, 6) is -4.34.